The molecule has 9 nitrogen and oxygen atoms in total. The number of aryl methyl sites for hydroxylation is 2. The largest absolute Gasteiger partial charge is 0.473 e. The molecule has 3 saturated carbocycles. The van der Waals surface area contributed by atoms with Gasteiger partial charge < -0.3 is 26.0 Å². The van der Waals surface area contributed by atoms with E-state index in [-0.39, 0.29) is 30.4 Å². The molecule has 2 heterocycles. The van der Waals surface area contributed by atoms with Crippen LogP contribution in [-0.4, -0.2) is 51.6 Å². The van der Waals surface area contributed by atoms with Crippen LogP contribution in [0.4, 0.5) is 15.2 Å². The van der Waals surface area contributed by atoms with Gasteiger partial charge in [-0.2, -0.15) is 0 Å². The van der Waals surface area contributed by atoms with Gasteiger partial charge in [0.05, 0.1) is 11.5 Å². The van der Waals surface area contributed by atoms with Crippen molar-refractivity contribution < 1.29 is 18.7 Å². The summed E-state index contributed by atoms with van der Waals surface area (Å²) in [5.41, 5.74) is 1.46. The van der Waals surface area contributed by atoms with Gasteiger partial charge in [-0.25, -0.2) is 9.07 Å². The Morgan fingerprint density at radius 3 is 2.73 bits per heavy atom. The molecule has 3 atom stereocenters. The smallest absolute Gasteiger partial charge is 0.254 e. The second-order valence-electron chi connectivity index (χ2n) is 10.6. The predicted octanol–water partition coefficient (Wildman–Crippen LogP) is 3.30. The lowest BCUT2D eigenvalue weighted by molar-refractivity contribution is -0.117. The maximum absolute atomic E-state index is 13.5. The average molecular weight is 547 g/mol. The van der Waals surface area contributed by atoms with E-state index < -0.39 is 12.1 Å². The second kappa shape index (κ2) is 9.86. The van der Waals surface area contributed by atoms with Crippen LogP contribution in [0.2, 0.25) is 0 Å². The predicted molar refractivity (Wildman–Crippen MR) is 143 cm³/mol. The first-order chi connectivity index (χ1) is 17.8. The van der Waals surface area contributed by atoms with Crippen LogP contribution in [0, 0.1) is 11.8 Å². The molecule has 0 saturated heterocycles. The first-order valence-electron chi connectivity index (χ1n) is 13.0. The molecule has 4 aliphatic carbocycles. The molecule has 12 heteroatoms. The molecule has 3 fully saturated rings. The number of hydrogen-bond donors (Lipinski definition) is 4. The standard InChI is InChI=1S/C25H31FN6O3S2/c1-32-19(10-20(31-32)35-14-5-6-14)29-25(36)28-13-4-7-18-16(8-13)21(23(34)27-11-12-2-3-12)24(37-18)30-22(33)15-9-17(15)26/h10,12-15,17H,2-9,11H2,1H3,(H,27,34)(H,30,33)(H2,28,29,36)/t13-,15-,17-/m0/s1. The van der Waals surface area contributed by atoms with Crippen LogP contribution < -0.4 is 26.0 Å². The third kappa shape index (κ3) is 5.74. The first-order valence-corrected chi connectivity index (χ1v) is 14.2. The number of anilines is 2. The molecule has 0 radical (unpaired) electrons. The van der Waals surface area contributed by atoms with Crippen LogP contribution in [0.15, 0.2) is 6.07 Å². The Morgan fingerprint density at radius 2 is 2.03 bits per heavy atom. The molecule has 4 N–H and O–H groups in total. The third-order valence-electron chi connectivity index (χ3n) is 7.27. The molecule has 0 aromatic carbocycles. The van der Waals surface area contributed by atoms with E-state index in [1.165, 1.54) is 11.3 Å². The van der Waals surface area contributed by atoms with E-state index >= 15 is 0 Å². The van der Waals surface area contributed by atoms with Crippen molar-refractivity contribution in [2.24, 2.45) is 18.9 Å². The minimum absolute atomic E-state index is 0.0229. The molecule has 2 aromatic heterocycles. The monoisotopic (exact) mass is 546 g/mol. The van der Waals surface area contributed by atoms with Crippen molar-refractivity contribution in [1.82, 2.24) is 20.4 Å². The van der Waals surface area contributed by atoms with Crippen molar-refractivity contribution in [3.63, 3.8) is 0 Å². The van der Waals surface area contributed by atoms with Gasteiger partial charge in [0, 0.05) is 30.6 Å². The third-order valence-corrected chi connectivity index (χ3v) is 8.70. The normalized spacial score (nSPS) is 24.1. The summed E-state index contributed by atoms with van der Waals surface area (Å²) in [6, 6.07) is 1.86. The molecule has 4 aliphatic rings. The lowest BCUT2D eigenvalue weighted by Gasteiger charge is -2.25. The van der Waals surface area contributed by atoms with Gasteiger partial charge in [0.2, 0.25) is 11.8 Å². The number of alkyl halides is 1. The van der Waals surface area contributed by atoms with Crippen molar-refractivity contribution in [3.05, 3.63) is 22.1 Å². The Morgan fingerprint density at radius 1 is 1.24 bits per heavy atom. The number of rotatable bonds is 9. The number of ether oxygens (including phenoxy) is 1. The van der Waals surface area contributed by atoms with E-state index in [2.05, 4.69) is 26.4 Å². The van der Waals surface area contributed by atoms with E-state index in [0.717, 1.165) is 54.8 Å². The number of thiophene rings is 1. The minimum atomic E-state index is -1.08. The van der Waals surface area contributed by atoms with E-state index in [1.807, 2.05) is 13.1 Å². The number of fused-ring (bicyclic) bond motifs is 1. The number of carbonyl (C=O) groups is 2. The molecule has 6 rings (SSSR count). The fourth-order valence-electron chi connectivity index (χ4n) is 4.63. The Kier molecular flexibility index (Phi) is 6.56. The number of nitrogens with zero attached hydrogens (tertiary/aromatic N) is 2. The molecule has 0 spiro atoms. The summed E-state index contributed by atoms with van der Waals surface area (Å²) in [4.78, 5) is 26.8. The number of hydrogen-bond acceptors (Lipinski definition) is 6. The van der Waals surface area contributed by atoms with E-state index in [0.29, 0.717) is 40.4 Å². The second-order valence-corrected chi connectivity index (χ2v) is 12.1. The summed E-state index contributed by atoms with van der Waals surface area (Å²) >= 11 is 7.02. The zero-order chi connectivity index (χ0) is 25.7. The number of thiocarbonyl (C=S) groups is 1. The van der Waals surface area contributed by atoms with Crippen LogP contribution in [0.25, 0.3) is 0 Å². The Bertz CT molecular complexity index is 1240. The molecule has 0 aliphatic heterocycles. The van der Waals surface area contributed by atoms with Crippen LogP contribution in [0.5, 0.6) is 5.88 Å². The van der Waals surface area contributed by atoms with Crippen molar-refractivity contribution in [1.29, 1.82) is 0 Å². The van der Waals surface area contributed by atoms with Gasteiger partial charge in [-0.3, -0.25) is 9.59 Å². The van der Waals surface area contributed by atoms with Gasteiger partial charge in [0.25, 0.3) is 5.91 Å². The molecule has 2 aromatic rings. The van der Waals surface area contributed by atoms with Crippen LogP contribution >= 0.6 is 23.6 Å². The summed E-state index contributed by atoms with van der Waals surface area (Å²) in [5.74, 6) is 0.723. The lowest BCUT2D eigenvalue weighted by atomic mass is 9.91. The van der Waals surface area contributed by atoms with Gasteiger partial charge in [-0.15, -0.1) is 16.4 Å². The number of aromatic nitrogens is 2. The topological polar surface area (TPSA) is 109 Å². The lowest BCUT2D eigenvalue weighted by Crippen LogP contribution is -2.41. The van der Waals surface area contributed by atoms with E-state index in [9.17, 15) is 14.0 Å². The van der Waals surface area contributed by atoms with Crippen molar-refractivity contribution in [2.45, 2.75) is 69.7 Å². The minimum Gasteiger partial charge on any atom is -0.473 e. The Labute approximate surface area is 223 Å². The average Bonchev–Trinajstić information content (AvgIpc) is 3.76. The van der Waals surface area contributed by atoms with Gasteiger partial charge in [0.1, 0.15) is 23.1 Å². The van der Waals surface area contributed by atoms with Gasteiger partial charge in [-0.05, 0) is 75.1 Å². The van der Waals surface area contributed by atoms with E-state index in [1.54, 1.807) is 4.68 Å². The van der Waals surface area contributed by atoms with Gasteiger partial charge in [-0.1, -0.05) is 0 Å². The molecule has 0 bridgehead atoms. The Balaban J connectivity index is 1.14. The van der Waals surface area contributed by atoms with Crippen LogP contribution in [-0.2, 0) is 24.7 Å². The van der Waals surface area contributed by atoms with E-state index in [4.69, 9.17) is 17.0 Å². The quantitative estimate of drug-likeness (QED) is 0.358. The summed E-state index contributed by atoms with van der Waals surface area (Å²) < 4.78 is 20.9. The zero-order valence-electron chi connectivity index (χ0n) is 20.6. The maximum atomic E-state index is 13.5. The highest BCUT2D eigenvalue weighted by atomic mass is 32.1. The maximum Gasteiger partial charge on any atom is 0.254 e. The molecule has 0 unspecified atom stereocenters. The SMILES string of the molecule is Cn1nc(OC2CC2)cc1NC(=S)N[C@H]1CCc2sc(NC(=O)[C@H]3C[C@@H]3F)c(C(=O)NCC3CC3)c2C1. The first kappa shape index (κ1) is 24.6. The van der Waals surface area contributed by atoms with Crippen LogP contribution in [0.1, 0.15) is 59.3 Å². The summed E-state index contributed by atoms with van der Waals surface area (Å²) in [6.07, 6.45) is 6.03. The number of amides is 2. The highest BCUT2D eigenvalue weighted by Crippen LogP contribution is 2.41. The van der Waals surface area contributed by atoms with Gasteiger partial charge >= 0.3 is 0 Å². The van der Waals surface area contributed by atoms with Crippen molar-refractivity contribution in [3.8, 4) is 5.88 Å². The van der Waals surface area contributed by atoms with Gasteiger partial charge in [0.15, 0.2) is 5.11 Å². The number of nitrogens with one attached hydrogen (secondary N) is 4. The summed E-state index contributed by atoms with van der Waals surface area (Å²) in [6.45, 7) is 0.638. The molecule has 198 valence electrons. The molecule has 2 amide bonds. The number of halogens is 1. The van der Waals surface area contributed by atoms with Crippen LogP contribution in [0.3, 0.4) is 0 Å². The molecular weight excluding hydrogens is 515 g/mol. The molecular formula is C25H31FN6O3S2. The van der Waals surface area contributed by atoms with Crippen molar-refractivity contribution in [2.75, 3.05) is 17.2 Å². The fraction of sp³-hybridized carbons (Fsp3) is 0.600. The van der Waals surface area contributed by atoms with Crippen molar-refractivity contribution >= 4 is 51.3 Å². The summed E-state index contributed by atoms with van der Waals surface area (Å²) in [5, 5.41) is 17.9. The highest BCUT2D eigenvalue weighted by molar-refractivity contribution is 7.80. The zero-order valence-corrected chi connectivity index (χ0v) is 22.3. The fourth-order valence-corrected chi connectivity index (χ4v) is 6.15. The number of carbonyl (C=O) groups excluding carboxylic acids is 2. The summed E-state index contributed by atoms with van der Waals surface area (Å²) in [7, 11) is 1.83. The highest BCUT2D eigenvalue weighted by Gasteiger charge is 2.44. The molecule has 37 heavy (non-hydrogen) atoms. The Hall–Kier alpha value is -2.73.